The summed E-state index contributed by atoms with van der Waals surface area (Å²) in [6.45, 7) is 2.34. The molecule has 0 amide bonds. The maximum atomic E-state index is 9.89. The summed E-state index contributed by atoms with van der Waals surface area (Å²) in [7, 11) is -0.795. The van der Waals surface area contributed by atoms with Crippen molar-refractivity contribution in [3.05, 3.63) is 0 Å². The van der Waals surface area contributed by atoms with E-state index in [0.29, 0.717) is 6.54 Å². The van der Waals surface area contributed by atoms with E-state index in [2.05, 4.69) is 0 Å². The minimum Gasteiger partial charge on any atom is -0.171 e. The molecule has 7 heavy (non-hydrogen) atoms. The van der Waals surface area contributed by atoms with Gasteiger partial charge >= 0.3 is 10.9 Å². The highest BCUT2D eigenvalue weighted by Gasteiger charge is 2.01. The fraction of sp³-hybridized carbons (Fsp3) is 1.00. The van der Waals surface area contributed by atoms with Crippen LogP contribution in [0.4, 0.5) is 0 Å². The molecule has 0 N–H and O–H groups in total. The average Bonchev–Trinajstić information content (AvgIpc) is 1.65. The summed E-state index contributed by atoms with van der Waals surface area (Å²) >= 11 is 0. The van der Waals surface area contributed by atoms with Gasteiger partial charge in [0.05, 0.1) is 0 Å². The van der Waals surface area contributed by atoms with Gasteiger partial charge in [-0.05, 0) is 6.92 Å². The molecule has 4 heteroatoms. The molecule has 43 valence electrons. The third-order valence-corrected chi connectivity index (χ3v) is 1.58. The molecule has 0 rings (SSSR count). The van der Waals surface area contributed by atoms with Crippen molar-refractivity contribution in [2.75, 3.05) is 13.6 Å². The molecular weight excluding hydrogens is 114 g/mol. The first-order valence-electron chi connectivity index (χ1n) is 2.04. The lowest BCUT2D eigenvalue weighted by Gasteiger charge is -1.87. The predicted octanol–water partition coefficient (Wildman–Crippen LogP) is -0.697. The first-order chi connectivity index (χ1) is 3.18. The van der Waals surface area contributed by atoms with Crippen molar-refractivity contribution in [3.8, 4) is 0 Å². The van der Waals surface area contributed by atoms with Gasteiger partial charge in [0.15, 0.2) is 0 Å². The summed E-state index contributed by atoms with van der Waals surface area (Å²) in [5.41, 5.74) is 0. The summed E-state index contributed by atoms with van der Waals surface area (Å²) in [5, 5.41) is 0. The molecular formula is C3H9NO2S+. The van der Waals surface area contributed by atoms with E-state index in [-0.39, 0.29) is 0 Å². The third kappa shape index (κ3) is 2.59. The molecule has 0 fully saturated rings. The molecule has 0 spiro atoms. The molecule has 0 bridgehead atoms. The van der Waals surface area contributed by atoms with Crippen LogP contribution in [-0.4, -0.2) is 22.0 Å². The summed E-state index contributed by atoms with van der Waals surface area (Å²) in [6, 6.07) is 0. The number of nitrogens with zero attached hydrogens (tertiary/aromatic N) is 1. The molecule has 0 unspecified atom stereocenters. The van der Waals surface area contributed by atoms with E-state index >= 15 is 0 Å². The fourth-order valence-corrected chi connectivity index (χ4v) is 0.346. The maximum Gasteiger partial charge on any atom is 0.331 e. The van der Waals surface area contributed by atoms with Crippen LogP contribution in [0.25, 0.3) is 0 Å². The van der Waals surface area contributed by atoms with E-state index in [9.17, 15) is 8.42 Å². The van der Waals surface area contributed by atoms with E-state index in [4.69, 9.17) is 0 Å². The zero-order valence-electron chi connectivity index (χ0n) is 4.42. The van der Waals surface area contributed by atoms with Crippen LogP contribution in [-0.2, 0) is 10.9 Å². The van der Waals surface area contributed by atoms with E-state index in [1.807, 2.05) is 0 Å². The van der Waals surface area contributed by atoms with Crippen molar-refractivity contribution in [2.24, 2.45) is 0 Å². The molecule has 3 nitrogen and oxygen atoms in total. The Kier molecular flexibility index (Phi) is 2.95. The highest BCUT2D eigenvalue weighted by Crippen LogP contribution is 1.69. The van der Waals surface area contributed by atoms with E-state index < -0.39 is 10.9 Å². The molecule has 1 radical (unpaired) electrons. The number of rotatable bonds is 2. The van der Waals surface area contributed by atoms with Crippen molar-refractivity contribution in [1.82, 2.24) is 4.31 Å². The van der Waals surface area contributed by atoms with E-state index in [1.165, 1.54) is 11.4 Å². The molecule has 0 aromatic heterocycles. The normalized spacial score (nSPS) is 10.9. The van der Waals surface area contributed by atoms with Gasteiger partial charge in [-0.3, -0.25) is 0 Å². The van der Waals surface area contributed by atoms with Crippen LogP contribution in [0, 0.1) is 0 Å². The summed E-state index contributed by atoms with van der Waals surface area (Å²) < 4.78 is 21.0. The molecule has 0 aliphatic rings. The second kappa shape index (κ2) is 2.98. The second-order valence-corrected chi connectivity index (χ2v) is 2.37. The largest absolute Gasteiger partial charge is 0.331 e. The smallest absolute Gasteiger partial charge is 0.171 e. The van der Waals surface area contributed by atoms with Gasteiger partial charge < -0.3 is 0 Å². The Bertz CT molecular complexity index is 102. The second-order valence-electron chi connectivity index (χ2n) is 1.21. The Labute approximate surface area is 45.0 Å². The van der Waals surface area contributed by atoms with Crippen molar-refractivity contribution < 1.29 is 8.42 Å². The van der Waals surface area contributed by atoms with Crippen LogP contribution >= 0.6 is 0 Å². The van der Waals surface area contributed by atoms with Crippen LogP contribution in [0.5, 0.6) is 0 Å². The molecule has 0 saturated heterocycles. The number of hydrogen-bond acceptors (Lipinski definition) is 2. The van der Waals surface area contributed by atoms with Crippen LogP contribution in [0.15, 0.2) is 0 Å². The average molecular weight is 123 g/mol. The molecule has 0 heterocycles. The first kappa shape index (κ1) is 6.91. The van der Waals surface area contributed by atoms with Gasteiger partial charge in [0.1, 0.15) is 13.6 Å². The Morgan fingerprint density at radius 3 is 2.00 bits per heavy atom. The quantitative estimate of drug-likeness (QED) is 0.389. The zero-order chi connectivity index (χ0) is 5.86. The SMILES string of the molecule is CC[N+](C)[SH](=O)=O. The van der Waals surface area contributed by atoms with Crippen LogP contribution in [0.3, 0.4) is 0 Å². The van der Waals surface area contributed by atoms with Crippen LogP contribution < -0.4 is 4.31 Å². The lowest BCUT2D eigenvalue weighted by atomic mass is 10.8. The van der Waals surface area contributed by atoms with E-state index in [0.717, 1.165) is 0 Å². The fourth-order valence-electron chi connectivity index (χ4n) is 0.115. The van der Waals surface area contributed by atoms with Gasteiger partial charge in [-0.1, -0.05) is 4.31 Å². The Hall–Kier alpha value is -0.0900. The summed E-state index contributed by atoms with van der Waals surface area (Å²) in [6.07, 6.45) is 0. The van der Waals surface area contributed by atoms with Gasteiger partial charge in [-0.25, -0.2) is 0 Å². The standard InChI is InChI=1S/C3H9NO2S/c1-3-4(2)7(5)6/h7H,3H2,1-2H3/q+1. The third-order valence-electron chi connectivity index (χ3n) is 0.736. The van der Waals surface area contributed by atoms with Gasteiger partial charge in [0.2, 0.25) is 0 Å². The van der Waals surface area contributed by atoms with Crippen molar-refractivity contribution in [3.63, 3.8) is 0 Å². The molecule has 0 aliphatic heterocycles. The molecule has 0 aromatic carbocycles. The molecule has 0 aliphatic carbocycles. The number of hydrogen-bond donors (Lipinski definition) is 1. The van der Waals surface area contributed by atoms with E-state index in [1.54, 1.807) is 6.92 Å². The van der Waals surface area contributed by atoms with Crippen molar-refractivity contribution in [1.29, 1.82) is 0 Å². The lowest BCUT2D eigenvalue weighted by Crippen LogP contribution is -2.21. The van der Waals surface area contributed by atoms with Gasteiger partial charge in [-0.15, -0.1) is 0 Å². The van der Waals surface area contributed by atoms with Crippen LogP contribution in [0.1, 0.15) is 6.92 Å². The van der Waals surface area contributed by atoms with Gasteiger partial charge in [0, 0.05) is 0 Å². The topological polar surface area (TPSA) is 40.0 Å². The first-order valence-corrected chi connectivity index (χ1v) is 3.17. The van der Waals surface area contributed by atoms with Gasteiger partial charge in [0.25, 0.3) is 0 Å². The van der Waals surface area contributed by atoms with Crippen molar-refractivity contribution in [2.45, 2.75) is 6.92 Å². The lowest BCUT2D eigenvalue weighted by molar-refractivity contribution is 0.571. The Balaban J connectivity index is 3.57. The summed E-state index contributed by atoms with van der Waals surface area (Å²) in [4.78, 5) is 0. The van der Waals surface area contributed by atoms with Crippen LogP contribution in [0.2, 0.25) is 0 Å². The molecule has 0 aromatic rings. The minimum absolute atomic E-state index is 0.554. The monoisotopic (exact) mass is 123 g/mol. The molecule has 0 saturated carbocycles. The predicted molar refractivity (Wildman–Crippen MR) is 28.9 cm³/mol. The Morgan fingerprint density at radius 2 is 2.00 bits per heavy atom. The number of thiol groups is 1. The molecule has 0 atom stereocenters. The highest BCUT2D eigenvalue weighted by atomic mass is 32.2. The minimum atomic E-state index is -2.33. The van der Waals surface area contributed by atoms with Gasteiger partial charge in [-0.2, -0.15) is 8.42 Å². The Morgan fingerprint density at radius 1 is 1.57 bits per heavy atom. The summed E-state index contributed by atoms with van der Waals surface area (Å²) in [5.74, 6) is 0. The maximum absolute atomic E-state index is 9.89. The zero-order valence-corrected chi connectivity index (χ0v) is 5.31. The highest BCUT2D eigenvalue weighted by molar-refractivity contribution is 7.70. The van der Waals surface area contributed by atoms with Crippen molar-refractivity contribution >= 4 is 10.9 Å².